The molecule has 0 bridgehead atoms. The molecule has 2 atom stereocenters. The van der Waals surface area contributed by atoms with Gasteiger partial charge < -0.3 is 10.1 Å². The number of amides is 1. The number of ether oxygens (including phenoxy) is 1. The second-order valence-corrected chi connectivity index (χ2v) is 11.3. The zero-order valence-electron chi connectivity index (χ0n) is 19.0. The standard InChI is InChI=1S/C24H26N4O5S/c1-14-21-19(24(30)33-15(2)23(29)25-17-6-4-3-5-7-17)12-20(16-8-9-16)26-22(21)28(27-14)18-10-11-34(31,32)13-18/h3-7,12,15-16,18H,8-11,13H2,1-2H3,(H,25,29)/t15-,18-/m1/s1. The minimum absolute atomic E-state index is 0.00896. The topological polar surface area (TPSA) is 120 Å². The number of nitrogens with one attached hydrogen (secondary N) is 1. The van der Waals surface area contributed by atoms with E-state index in [1.54, 1.807) is 41.9 Å². The van der Waals surface area contributed by atoms with Crippen LogP contribution in [0.15, 0.2) is 36.4 Å². The van der Waals surface area contributed by atoms with Crippen LogP contribution in [0.4, 0.5) is 5.69 Å². The number of hydrogen-bond donors (Lipinski definition) is 1. The Bertz CT molecular complexity index is 1380. The van der Waals surface area contributed by atoms with E-state index in [1.807, 2.05) is 6.07 Å². The summed E-state index contributed by atoms with van der Waals surface area (Å²) in [6.45, 7) is 3.29. The van der Waals surface area contributed by atoms with Crippen LogP contribution < -0.4 is 5.32 Å². The Balaban J connectivity index is 1.46. The number of para-hydroxylation sites is 1. The van der Waals surface area contributed by atoms with E-state index in [4.69, 9.17) is 9.72 Å². The Hall–Kier alpha value is -3.27. The van der Waals surface area contributed by atoms with E-state index in [9.17, 15) is 18.0 Å². The summed E-state index contributed by atoms with van der Waals surface area (Å²) < 4.78 is 31.3. The number of aromatic nitrogens is 3. The quantitative estimate of drug-likeness (QED) is 0.536. The van der Waals surface area contributed by atoms with Gasteiger partial charge in [-0.15, -0.1) is 0 Å². The van der Waals surface area contributed by atoms with E-state index in [2.05, 4.69) is 10.4 Å². The SMILES string of the molecule is Cc1nn([C@@H]2CCS(=O)(=O)C2)c2nc(C3CC3)cc(C(=O)O[C@H](C)C(=O)Nc3ccccc3)c12. The smallest absolute Gasteiger partial charge is 0.339 e. The lowest BCUT2D eigenvalue weighted by Gasteiger charge is -2.15. The highest BCUT2D eigenvalue weighted by Gasteiger charge is 2.34. The van der Waals surface area contributed by atoms with E-state index in [1.165, 1.54) is 6.92 Å². The minimum atomic E-state index is -3.12. The number of carbonyl (C=O) groups is 2. The van der Waals surface area contributed by atoms with Crippen molar-refractivity contribution in [2.24, 2.45) is 0 Å². The first kappa shape index (κ1) is 22.5. The molecule has 2 aliphatic rings. The summed E-state index contributed by atoms with van der Waals surface area (Å²) in [6.07, 6.45) is 1.40. The summed E-state index contributed by atoms with van der Waals surface area (Å²) in [4.78, 5) is 30.6. The van der Waals surface area contributed by atoms with Gasteiger partial charge in [-0.05, 0) is 51.3 Å². The first-order chi connectivity index (χ1) is 16.2. The fourth-order valence-corrected chi connectivity index (χ4v) is 6.04. The molecule has 0 unspecified atom stereocenters. The van der Waals surface area contributed by atoms with Crippen LogP contribution in [-0.4, -0.2) is 52.7 Å². The van der Waals surface area contributed by atoms with Crippen LogP contribution in [0.5, 0.6) is 0 Å². The predicted octanol–water partition coefficient (Wildman–Crippen LogP) is 3.16. The molecule has 34 heavy (non-hydrogen) atoms. The van der Waals surface area contributed by atoms with Crippen molar-refractivity contribution < 1.29 is 22.7 Å². The Morgan fingerprint density at radius 1 is 1.18 bits per heavy atom. The molecule has 3 aromatic rings. The molecular weight excluding hydrogens is 456 g/mol. The Morgan fingerprint density at radius 3 is 2.56 bits per heavy atom. The van der Waals surface area contributed by atoms with Crippen LogP contribution in [0, 0.1) is 6.92 Å². The number of nitrogens with zero attached hydrogens (tertiary/aromatic N) is 3. The number of aryl methyl sites for hydroxylation is 1. The molecule has 1 saturated heterocycles. The summed E-state index contributed by atoms with van der Waals surface area (Å²) in [6, 6.07) is 10.4. The van der Waals surface area contributed by atoms with Crippen LogP contribution in [0.25, 0.3) is 11.0 Å². The van der Waals surface area contributed by atoms with Crippen LogP contribution in [0.1, 0.15) is 59.9 Å². The average Bonchev–Trinajstić information content (AvgIpc) is 3.52. The van der Waals surface area contributed by atoms with Gasteiger partial charge in [0.25, 0.3) is 5.91 Å². The van der Waals surface area contributed by atoms with E-state index in [0.717, 1.165) is 18.5 Å². The maximum Gasteiger partial charge on any atom is 0.339 e. The number of anilines is 1. The highest BCUT2D eigenvalue weighted by molar-refractivity contribution is 7.91. The van der Waals surface area contributed by atoms with Crippen molar-refractivity contribution in [3.63, 3.8) is 0 Å². The van der Waals surface area contributed by atoms with E-state index >= 15 is 0 Å². The number of benzene rings is 1. The molecular formula is C24H26N4O5S. The third-order valence-corrected chi connectivity index (χ3v) is 8.07. The van der Waals surface area contributed by atoms with Gasteiger partial charge in [0.05, 0.1) is 34.2 Å². The number of rotatable bonds is 6. The molecule has 5 rings (SSSR count). The van der Waals surface area contributed by atoms with Gasteiger partial charge in [0, 0.05) is 17.3 Å². The van der Waals surface area contributed by atoms with Crippen LogP contribution >= 0.6 is 0 Å². The molecule has 1 N–H and O–H groups in total. The first-order valence-electron chi connectivity index (χ1n) is 11.4. The van der Waals surface area contributed by atoms with E-state index in [-0.39, 0.29) is 23.5 Å². The van der Waals surface area contributed by atoms with Gasteiger partial charge in [-0.3, -0.25) is 4.79 Å². The van der Waals surface area contributed by atoms with Crippen molar-refractivity contribution in [1.82, 2.24) is 14.8 Å². The molecule has 178 valence electrons. The normalized spacial score (nSPS) is 20.2. The maximum atomic E-state index is 13.2. The Morgan fingerprint density at radius 2 is 1.91 bits per heavy atom. The maximum absolute atomic E-state index is 13.2. The van der Waals surface area contributed by atoms with Crippen LogP contribution in [-0.2, 0) is 19.4 Å². The summed E-state index contributed by atoms with van der Waals surface area (Å²) in [5.41, 5.74) is 2.75. The molecule has 2 fully saturated rings. The molecule has 3 heterocycles. The number of pyridine rings is 1. The Kier molecular flexibility index (Phi) is 5.63. The molecule has 0 radical (unpaired) electrons. The van der Waals surface area contributed by atoms with Crippen molar-refractivity contribution in [1.29, 1.82) is 0 Å². The van der Waals surface area contributed by atoms with E-state index in [0.29, 0.717) is 34.4 Å². The summed E-state index contributed by atoms with van der Waals surface area (Å²) in [7, 11) is -3.12. The molecule has 2 aromatic heterocycles. The summed E-state index contributed by atoms with van der Waals surface area (Å²) >= 11 is 0. The number of hydrogen-bond acceptors (Lipinski definition) is 7. The minimum Gasteiger partial charge on any atom is -0.449 e. The van der Waals surface area contributed by atoms with Crippen LogP contribution in [0.3, 0.4) is 0 Å². The number of sulfone groups is 1. The van der Waals surface area contributed by atoms with Crippen molar-refractivity contribution >= 4 is 38.4 Å². The molecule has 1 amide bonds. The molecule has 1 saturated carbocycles. The molecule has 10 heteroatoms. The average molecular weight is 483 g/mol. The fraction of sp³-hybridized carbons (Fsp3) is 0.417. The van der Waals surface area contributed by atoms with Gasteiger partial charge in [0.15, 0.2) is 21.6 Å². The van der Waals surface area contributed by atoms with Gasteiger partial charge in [-0.25, -0.2) is 22.9 Å². The molecule has 1 aromatic carbocycles. The second-order valence-electron chi connectivity index (χ2n) is 9.06. The molecule has 9 nitrogen and oxygen atoms in total. The zero-order valence-corrected chi connectivity index (χ0v) is 19.8. The number of carbonyl (C=O) groups excluding carboxylic acids is 2. The van der Waals surface area contributed by atoms with Gasteiger partial charge in [-0.2, -0.15) is 5.10 Å². The summed E-state index contributed by atoms with van der Waals surface area (Å²) in [5, 5.41) is 7.84. The molecule has 0 spiro atoms. The van der Waals surface area contributed by atoms with Crippen molar-refractivity contribution in [3.8, 4) is 0 Å². The highest BCUT2D eigenvalue weighted by atomic mass is 32.2. The van der Waals surface area contributed by atoms with Crippen molar-refractivity contribution in [3.05, 3.63) is 53.3 Å². The highest BCUT2D eigenvalue weighted by Crippen LogP contribution is 2.41. The van der Waals surface area contributed by atoms with Gasteiger partial charge >= 0.3 is 5.97 Å². The lowest BCUT2D eigenvalue weighted by Crippen LogP contribution is -2.30. The first-order valence-corrected chi connectivity index (χ1v) is 13.2. The molecule has 1 aliphatic heterocycles. The van der Waals surface area contributed by atoms with Crippen LogP contribution in [0.2, 0.25) is 0 Å². The largest absolute Gasteiger partial charge is 0.449 e. The zero-order chi connectivity index (χ0) is 24.0. The van der Waals surface area contributed by atoms with Gasteiger partial charge in [0.1, 0.15) is 0 Å². The Labute approximate surface area is 197 Å². The van der Waals surface area contributed by atoms with Gasteiger partial charge in [-0.1, -0.05) is 18.2 Å². The second kappa shape index (κ2) is 8.50. The molecule has 1 aliphatic carbocycles. The van der Waals surface area contributed by atoms with Crippen molar-refractivity contribution in [2.45, 2.75) is 51.2 Å². The van der Waals surface area contributed by atoms with Crippen molar-refractivity contribution in [2.75, 3.05) is 16.8 Å². The lowest BCUT2D eigenvalue weighted by molar-refractivity contribution is -0.123. The van der Waals surface area contributed by atoms with Gasteiger partial charge in [0.2, 0.25) is 0 Å². The fourth-order valence-electron chi connectivity index (χ4n) is 4.35. The monoisotopic (exact) mass is 482 g/mol. The third kappa shape index (κ3) is 4.42. The predicted molar refractivity (Wildman–Crippen MR) is 126 cm³/mol. The number of esters is 1. The van der Waals surface area contributed by atoms with E-state index < -0.39 is 27.8 Å². The third-order valence-electron chi connectivity index (χ3n) is 6.32. The number of fused-ring (bicyclic) bond motifs is 1. The summed E-state index contributed by atoms with van der Waals surface area (Å²) in [5.74, 6) is -0.688. The lowest BCUT2D eigenvalue weighted by atomic mass is 10.1.